The van der Waals surface area contributed by atoms with Crippen LogP contribution in [0.2, 0.25) is 0 Å². The monoisotopic (exact) mass is 547 g/mol. The van der Waals surface area contributed by atoms with E-state index in [2.05, 4.69) is 34.6 Å². The zero-order valence-corrected chi connectivity index (χ0v) is 23.1. The molecular formula is C24H33N7O4S2. The molecule has 1 aliphatic rings. The lowest BCUT2D eigenvalue weighted by atomic mass is 10.2. The van der Waals surface area contributed by atoms with Crippen molar-refractivity contribution in [1.82, 2.24) is 29.4 Å². The molecule has 4 rings (SSSR count). The Morgan fingerprint density at radius 1 is 1.11 bits per heavy atom. The molecule has 0 radical (unpaired) electrons. The van der Waals surface area contributed by atoms with E-state index in [9.17, 15) is 13.2 Å². The van der Waals surface area contributed by atoms with Gasteiger partial charge in [-0.05, 0) is 38.1 Å². The van der Waals surface area contributed by atoms with Gasteiger partial charge < -0.3 is 15.4 Å². The second-order valence-corrected chi connectivity index (χ2v) is 12.7. The van der Waals surface area contributed by atoms with Crippen molar-refractivity contribution in [2.75, 3.05) is 38.2 Å². The van der Waals surface area contributed by atoms with Gasteiger partial charge in [-0.15, -0.1) is 0 Å². The van der Waals surface area contributed by atoms with Gasteiger partial charge in [-0.1, -0.05) is 25.6 Å². The third-order valence-corrected chi connectivity index (χ3v) is 8.35. The molecule has 1 saturated heterocycles. The molecule has 1 fully saturated rings. The number of sulfonamides is 1. The summed E-state index contributed by atoms with van der Waals surface area (Å²) in [6, 6.07) is 6.19. The summed E-state index contributed by atoms with van der Waals surface area (Å²) in [4.78, 5) is 22.2. The first kappa shape index (κ1) is 27.3. The molecule has 13 heteroatoms. The number of carbonyl (C=O) groups is 1. The Morgan fingerprint density at radius 2 is 1.81 bits per heavy atom. The predicted octanol–water partition coefficient (Wildman–Crippen LogP) is 2.60. The maximum absolute atomic E-state index is 12.8. The maximum atomic E-state index is 12.8. The fourth-order valence-corrected chi connectivity index (χ4v) is 5.95. The van der Waals surface area contributed by atoms with Gasteiger partial charge in [-0.25, -0.2) is 23.1 Å². The number of morpholine rings is 1. The number of benzene rings is 1. The molecule has 3 heterocycles. The zero-order valence-electron chi connectivity index (χ0n) is 21.5. The molecule has 1 aromatic carbocycles. The average Bonchev–Trinajstić information content (AvgIpc) is 3.27. The number of ether oxygens (including phenoxy) is 1. The van der Waals surface area contributed by atoms with E-state index < -0.39 is 10.0 Å². The lowest BCUT2D eigenvalue weighted by molar-refractivity contribution is 0.0730. The number of nitrogens with zero attached hydrogens (tertiary/aromatic N) is 5. The minimum absolute atomic E-state index is 0.162. The Bertz CT molecular complexity index is 1340. The molecule has 1 amide bonds. The van der Waals surface area contributed by atoms with Gasteiger partial charge in [-0.2, -0.15) is 9.40 Å². The molecule has 0 spiro atoms. The molecule has 1 aliphatic heterocycles. The van der Waals surface area contributed by atoms with E-state index in [0.29, 0.717) is 61.0 Å². The summed E-state index contributed by atoms with van der Waals surface area (Å²) in [5.41, 5.74) is 1.08. The number of thioether (sulfide) groups is 1. The lowest BCUT2D eigenvalue weighted by Crippen LogP contribution is -2.40. The summed E-state index contributed by atoms with van der Waals surface area (Å²) in [6.45, 7) is 10.4. The third kappa shape index (κ3) is 6.58. The van der Waals surface area contributed by atoms with Gasteiger partial charge in [0.05, 0.1) is 36.2 Å². The maximum Gasteiger partial charge on any atom is 0.251 e. The summed E-state index contributed by atoms with van der Waals surface area (Å²) >= 11 is 1.58. The average molecular weight is 548 g/mol. The van der Waals surface area contributed by atoms with Crippen LogP contribution < -0.4 is 10.6 Å². The molecule has 0 bridgehead atoms. The van der Waals surface area contributed by atoms with Crippen molar-refractivity contribution >= 4 is 44.5 Å². The number of amides is 1. The van der Waals surface area contributed by atoms with Crippen LogP contribution in [-0.2, 0) is 21.3 Å². The standard InChI is InChI=1S/C24H33N7O4S2/c1-16(2)27-21-20-15-26-31(22(20)29-24(28-21)36-17(3)4)10-9-25-23(32)18-5-7-19(8-6-18)37(33,34)30-11-13-35-14-12-30/h5-8,15-17H,9-14H2,1-4H3,(H,25,32)(H,27,28,29). The smallest absolute Gasteiger partial charge is 0.251 e. The molecule has 2 N–H and O–H groups in total. The van der Waals surface area contributed by atoms with Gasteiger partial charge in [0, 0.05) is 36.5 Å². The molecule has 0 aliphatic carbocycles. The van der Waals surface area contributed by atoms with Gasteiger partial charge in [0.15, 0.2) is 10.8 Å². The van der Waals surface area contributed by atoms with Crippen LogP contribution in [0.3, 0.4) is 0 Å². The molecule has 3 aromatic rings. The fourth-order valence-electron chi connectivity index (χ4n) is 3.84. The van der Waals surface area contributed by atoms with Crippen LogP contribution in [0.15, 0.2) is 40.5 Å². The van der Waals surface area contributed by atoms with Gasteiger partial charge in [-0.3, -0.25) is 4.79 Å². The molecule has 2 aromatic heterocycles. The van der Waals surface area contributed by atoms with E-state index in [4.69, 9.17) is 9.72 Å². The molecule has 200 valence electrons. The quantitative estimate of drug-likeness (QED) is 0.290. The van der Waals surface area contributed by atoms with E-state index >= 15 is 0 Å². The highest BCUT2D eigenvalue weighted by Gasteiger charge is 2.26. The number of carbonyl (C=O) groups excluding carboxylic acids is 1. The largest absolute Gasteiger partial charge is 0.379 e. The number of hydrogen-bond acceptors (Lipinski definition) is 9. The van der Waals surface area contributed by atoms with E-state index in [1.165, 1.54) is 28.6 Å². The summed E-state index contributed by atoms with van der Waals surface area (Å²) in [5, 5.41) is 12.5. The first-order valence-corrected chi connectivity index (χ1v) is 14.6. The first-order chi connectivity index (χ1) is 17.6. The molecular weight excluding hydrogens is 514 g/mol. The molecule has 37 heavy (non-hydrogen) atoms. The van der Waals surface area contributed by atoms with Crippen molar-refractivity contribution in [3.05, 3.63) is 36.0 Å². The van der Waals surface area contributed by atoms with Crippen molar-refractivity contribution in [1.29, 1.82) is 0 Å². The number of fused-ring (bicyclic) bond motifs is 1. The van der Waals surface area contributed by atoms with Crippen LogP contribution in [-0.4, -0.2) is 82.5 Å². The van der Waals surface area contributed by atoms with Crippen molar-refractivity contribution in [3.63, 3.8) is 0 Å². The minimum Gasteiger partial charge on any atom is -0.379 e. The van der Waals surface area contributed by atoms with E-state index in [1.807, 2.05) is 13.8 Å². The number of nitrogens with one attached hydrogen (secondary N) is 2. The van der Waals surface area contributed by atoms with Gasteiger partial charge in [0.25, 0.3) is 5.91 Å². The van der Waals surface area contributed by atoms with E-state index in [-0.39, 0.29) is 16.8 Å². The predicted molar refractivity (Wildman–Crippen MR) is 143 cm³/mol. The first-order valence-electron chi connectivity index (χ1n) is 12.3. The van der Waals surface area contributed by atoms with Gasteiger partial charge >= 0.3 is 0 Å². The van der Waals surface area contributed by atoms with E-state index in [0.717, 1.165) is 11.2 Å². The molecule has 0 saturated carbocycles. The highest BCUT2D eigenvalue weighted by atomic mass is 32.2. The Labute approximate surface area is 221 Å². The second kappa shape index (κ2) is 11.8. The Balaban J connectivity index is 1.42. The van der Waals surface area contributed by atoms with Crippen LogP contribution >= 0.6 is 11.8 Å². The van der Waals surface area contributed by atoms with Gasteiger partial charge in [0.2, 0.25) is 10.0 Å². The number of anilines is 1. The van der Waals surface area contributed by atoms with Crippen molar-refractivity contribution < 1.29 is 17.9 Å². The summed E-state index contributed by atoms with van der Waals surface area (Å²) < 4.78 is 34.0. The molecule has 0 atom stereocenters. The SMILES string of the molecule is CC(C)Nc1nc(SC(C)C)nc2c1cnn2CCNC(=O)c1ccc(S(=O)(=O)N2CCOCC2)cc1. The fraction of sp³-hybridized carbons (Fsp3) is 0.500. The van der Waals surface area contributed by atoms with Crippen LogP contribution in [0.5, 0.6) is 0 Å². The molecule has 11 nitrogen and oxygen atoms in total. The summed E-state index contributed by atoms with van der Waals surface area (Å²) in [7, 11) is -3.60. The second-order valence-electron chi connectivity index (χ2n) is 9.22. The highest BCUT2D eigenvalue weighted by Crippen LogP contribution is 2.27. The van der Waals surface area contributed by atoms with Crippen molar-refractivity contribution in [2.45, 2.75) is 55.6 Å². The van der Waals surface area contributed by atoms with Crippen LogP contribution in [0.25, 0.3) is 11.0 Å². The Morgan fingerprint density at radius 3 is 2.46 bits per heavy atom. The molecule has 0 unspecified atom stereocenters. The van der Waals surface area contributed by atoms with Crippen LogP contribution in [0, 0.1) is 0 Å². The number of hydrogen-bond donors (Lipinski definition) is 2. The van der Waals surface area contributed by atoms with Gasteiger partial charge in [0.1, 0.15) is 5.82 Å². The van der Waals surface area contributed by atoms with Crippen molar-refractivity contribution in [3.8, 4) is 0 Å². The number of aromatic nitrogens is 4. The summed E-state index contributed by atoms with van der Waals surface area (Å²) in [6.07, 6.45) is 1.74. The topological polar surface area (TPSA) is 131 Å². The zero-order chi connectivity index (χ0) is 26.6. The van der Waals surface area contributed by atoms with Crippen molar-refractivity contribution in [2.24, 2.45) is 0 Å². The normalized spacial score (nSPS) is 15.0. The highest BCUT2D eigenvalue weighted by molar-refractivity contribution is 7.99. The van der Waals surface area contributed by atoms with Crippen LogP contribution in [0.1, 0.15) is 38.1 Å². The van der Waals surface area contributed by atoms with Crippen LogP contribution in [0.4, 0.5) is 5.82 Å². The Kier molecular flexibility index (Phi) is 8.67. The minimum atomic E-state index is -3.60. The third-order valence-electron chi connectivity index (χ3n) is 5.58. The lowest BCUT2D eigenvalue weighted by Gasteiger charge is -2.26. The number of rotatable bonds is 10. The summed E-state index contributed by atoms with van der Waals surface area (Å²) in [5.74, 6) is 0.449. The Hall–Kier alpha value is -2.74. The van der Waals surface area contributed by atoms with E-state index in [1.54, 1.807) is 22.6 Å².